The molecule has 1 aliphatic heterocycles. The SMILES string of the molecule is COCCOCCOCCOCCOCCOCCOCCNC(=O)CCCCC1CCSS1. The van der Waals surface area contributed by atoms with Crippen molar-refractivity contribution < 1.29 is 38.0 Å². The average Bonchev–Trinajstić information content (AvgIpc) is 3.36. The van der Waals surface area contributed by atoms with Gasteiger partial charge in [-0.3, -0.25) is 4.79 Å². The summed E-state index contributed by atoms with van der Waals surface area (Å²) < 4.78 is 37.3. The summed E-state index contributed by atoms with van der Waals surface area (Å²) in [5.74, 6) is 1.39. The van der Waals surface area contributed by atoms with Crippen molar-refractivity contribution in [3.8, 4) is 0 Å². The van der Waals surface area contributed by atoms with Crippen molar-refractivity contribution in [3.05, 3.63) is 0 Å². The maximum Gasteiger partial charge on any atom is 0.220 e. The Labute approximate surface area is 213 Å². The summed E-state index contributed by atoms with van der Waals surface area (Å²) in [4.78, 5) is 11.8. The first-order valence-electron chi connectivity index (χ1n) is 12.3. The van der Waals surface area contributed by atoms with Gasteiger partial charge in [0.2, 0.25) is 5.91 Å². The van der Waals surface area contributed by atoms with E-state index in [1.54, 1.807) is 7.11 Å². The van der Waals surface area contributed by atoms with E-state index in [4.69, 9.17) is 33.2 Å². The van der Waals surface area contributed by atoms with Crippen LogP contribution in [0.2, 0.25) is 0 Å². The number of unbranched alkanes of at least 4 members (excludes halogenated alkanes) is 1. The van der Waals surface area contributed by atoms with Crippen molar-refractivity contribution in [1.82, 2.24) is 5.32 Å². The van der Waals surface area contributed by atoms with Gasteiger partial charge in [0, 0.05) is 31.1 Å². The Bertz CT molecular complexity index is 445. The molecule has 0 spiro atoms. The van der Waals surface area contributed by atoms with Crippen LogP contribution in [0.15, 0.2) is 0 Å². The first kappa shape index (κ1) is 31.9. The van der Waals surface area contributed by atoms with Crippen LogP contribution in [0.1, 0.15) is 32.1 Å². The third kappa shape index (κ3) is 22.4. The second kappa shape index (κ2) is 26.0. The van der Waals surface area contributed by atoms with Gasteiger partial charge in [0.1, 0.15) is 0 Å². The Balaban J connectivity index is 1.66. The van der Waals surface area contributed by atoms with Gasteiger partial charge in [0.15, 0.2) is 0 Å². The van der Waals surface area contributed by atoms with Gasteiger partial charge in [0.25, 0.3) is 0 Å². The summed E-state index contributed by atoms with van der Waals surface area (Å²) in [6.07, 6.45) is 5.26. The molecule has 1 N–H and O–H groups in total. The van der Waals surface area contributed by atoms with Crippen LogP contribution in [0.4, 0.5) is 0 Å². The van der Waals surface area contributed by atoms with Gasteiger partial charge >= 0.3 is 0 Å². The first-order valence-corrected chi connectivity index (χ1v) is 14.7. The number of carbonyl (C=O) groups is 1. The number of amides is 1. The van der Waals surface area contributed by atoms with Crippen LogP contribution >= 0.6 is 21.6 Å². The molecular formula is C23H45NO8S2. The van der Waals surface area contributed by atoms with Crippen molar-refractivity contribution in [2.24, 2.45) is 0 Å². The van der Waals surface area contributed by atoms with Crippen molar-refractivity contribution in [3.63, 3.8) is 0 Å². The van der Waals surface area contributed by atoms with Gasteiger partial charge in [-0.1, -0.05) is 28.0 Å². The van der Waals surface area contributed by atoms with Crippen LogP contribution in [0.3, 0.4) is 0 Å². The summed E-state index contributed by atoms with van der Waals surface area (Å²) >= 11 is 0. The zero-order valence-electron chi connectivity index (χ0n) is 20.8. The monoisotopic (exact) mass is 527 g/mol. The third-order valence-corrected chi connectivity index (χ3v) is 7.77. The molecule has 1 saturated heterocycles. The average molecular weight is 528 g/mol. The van der Waals surface area contributed by atoms with Gasteiger partial charge in [-0.15, -0.1) is 0 Å². The minimum atomic E-state index is 0.116. The van der Waals surface area contributed by atoms with E-state index in [-0.39, 0.29) is 5.91 Å². The quantitative estimate of drug-likeness (QED) is 0.134. The van der Waals surface area contributed by atoms with Crippen molar-refractivity contribution >= 4 is 27.5 Å². The molecule has 1 aliphatic rings. The fraction of sp³-hybridized carbons (Fsp3) is 0.957. The third-order valence-electron chi connectivity index (χ3n) is 4.77. The highest BCUT2D eigenvalue weighted by Crippen LogP contribution is 2.39. The summed E-state index contributed by atoms with van der Waals surface area (Å²) in [6.45, 7) is 7.54. The molecule has 1 unspecified atom stereocenters. The molecule has 1 rings (SSSR count). The number of rotatable bonds is 26. The maximum absolute atomic E-state index is 11.8. The lowest BCUT2D eigenvalue weighted by Crippen LogP contribution is -2.27. The standard InChI is InChI=1S/C23H45NO8S2/c1-26-9-10-28-13-14-30-17-18-32-20-19-31-16-15-29-12-11-27-8-7-24-23(25)5-3-2-4-22-6-21-33-34-22/h22H,2-21H2,1H3,(H,24,25). The lowest BCUT2D eigenvalue weighted by molar-refractivity contribution is -0.121. The lowest BCUT2D eigenvalue weighted by Gasteiger charge is -2.09. The fourth-order valence-electron chi connectivity index (χ4n) is 2.92. The van der Waals surface area contributed by atoms with Crippen molar-refractivity contribution in [1.29, 1.82) is 0 Å². The molecule has 0 aromatic heterocycles. The Morgan fingerprint density at radius 2 is 1.24 bits per heavy atom. The second-order valence-electron chi connectivity index (χ2n) is 7.59. The molecule has 0 aliphatic carbocycles. The van der Waals surface area contributed by atoms with E-state index in [2.05, 4.69) is 5.32 Å². The Hall–Kier alpha value is -0.110. The first-order chi connectivity index (χ1) is 16.8. The Morgan fingerprint density at radius 1 is 0.735 bits per heavy atom. The second-order valence-corrected chi connectivity index (χ2v) is 10.4. The van der Waals surface area contributed by atoms with Crippen molar-refractivity contribution in [2.75, 3.05) is 105 Å². The number of ether oxygens (including phenoxy) is 7. The predicted molar refractivity (Wildman–Crippen MR) is 137 cm³/mol. The summed E-state index contributed by atoms with van der Waals surface area (Å²) in [6, 6.07) is 0. The molecule has 1 amide bonds. The highest BCUT2D eigenvalue weighted by molar-refractivity contribution is 8.77. The molecule has 11 heteroatoms. The van der Waals surface area contributed by atoms with E-state index in [1.807, 2.05) is 21.6 Å². The smallest absolute Gasteiger partial charge is 0.220 e. The van der Waals surface area contributed by atoms with Crippen LogP contribution in [-0.4, -0.2) is 116 Å². The van der Waals surface area contributed by atoms with Gasteiger partial charge in [-0.25, -0.2) is 0 Å². The molecule has 1 atom stereocenters. The summed E-state index contributed by atoms with van der Waals surface area (Å²) in [7, 11) is 5.62. The molecule has 202 valence electrons. The molecule has 0 bridgehead atoms. The molecule has 0 saturated carbocycles. The highest BCUT2D eigenvalue weighted by atomic mass is 33.1. The zero-order valence-corrected chi connectivity index (χ0v) is 22.4. The van der Waals surface area contributed by atoms with Gasteiger partial charge in [0.05, 0.1) is 85.9 Å². The van der Waals surface area contributed by atoms with E-state index in [0.29, 0.717) is 98.9 Å². The zero-order chi connectivity index (χ0) is 24.4. The van der Waals surface area contributed by atoms with Gasteiger partial charge < -0.3 is 38.5 Å². The molecule has 1 heterocycles. The molecule has 1 fully saturated rings. The predicted octanol–water partition coefficient (Wildman–Crippen LogP) is 2.56. The maximum atomic E-state index is 11.8. The van der Waals surface area contributed by atoms with Crippen LogP contribution < -0.4 is 5.32 Å². The molecule has 9 nitrogen and oxygen atoms in total. The Kier molecular flexibility index (Phi) is 24.4. The van der Waals surface area contributed by atoms with Gasteiger partial charge in [-0.05, 0) is 19.3 Å². The number of nitrogens with one attached hydrogen (secondary N) is 1. The van der Waals surface area contributed by atoms with E-state index in [9.17, 15) is 4.79 Å². The van der Waals surface area contributed by atoms with Gasteiger partial charge in [-0.2, -0.15) is 0 Å². The minimum absolute atomic E-state index is 0.116. The number of hydrogen-bond donors (Lipinski definition) is 1. The molecule has 0 aromatic carbocycles. The van der Waals surface area contributed by atoms with E-state index >= 15 is 0 Å². The van der Waals surface area contributed by atoms with Crippen LogP contribution in [0, 0.1) is 0 Å². The topological polar surface area (TPSA) is 93.7 Å². The van der Waals surface area contributed by atoms with Crippen LogP contribution in [0.25, 0.3) is 0 Å². The van der Waals surface area contributed by atoms with E-state index in [0.717, 1.165) is 18.1 Å². The van der Waals surface area contributed by atoms with Crippen molar-refractivity contribution in [2.45, 2.75) is 37.4 Å². The highest BCUT2D eigenvalue weighted by Gasteiger charge is 2.15. The number of carbonyl (C=O) groups excluding carboxylic acids is 1. The number of hydrogen-bond acceptors (Lipinski definition) is 10. The normalized spacial score (nSPS) is 15.7. The summed E-state index contributed by atoms with van der Waals surface area (Å²) in [5, 5.41) is 3.70. The number of methoxy groups -OCH3 is 1. The molecule has 0 aromatic rings. The lowest BCUT2D eigenvalue weighted by atomic mass is 10.1. The van der Waals surface area contributed by atoms with Crippen LogP contribution in [-0.2, 0) is 38.0 Å². The van der Waals surface area contributed by atoms with E-state index in [1.165, 1.54) is 18.6 Å². The minimum Gasteiger partial charge on any atom is -0.382 e. The Morgan fingerprint density at radius 3 is 1.71 bits per heavy atom. The van der Waals surface area contributed by atoms with Crippen LogP contribution in [0.5, 0.6) is 0 Å². The van der Waals surface area contributed by atoms with E-state index < -0.39 is 0 Å². The fourth-order valence-corrected chi connectivity index (χ4v) is 5.94. The molecule has 34 heavy (non-hydrogen) atoms. The molecule has 0 radical (unpaired) electrons. The largest absolute Gasteiger partial charge is 0.382 e. The molecular weight excluding hydrogens is 482 g/mol. The summed E-state index contributed by atoms with van der Waals surface area (Å²) in [5.41, 5.74) is 0.